The van der Waals surface area contributed by atoms with Crippen molar-refractivity contribution in [1.29, 1.82) is 0 Å². The molecule has 1 nitrogen and oxygen atoms in total. The standard InChI is InChI=1S/C12H15ClF3N/c13-6-1-2-7-17-9-10-4-3-5-11(8-10)12(14,15)16/h3-5,8,17H,1-2,6-7,9H2. The van der Waals surface area contributed by atoms with Gasteiger partial charge in [-0.05, 0) is 31.0 Å². The number of rotatable bonds is 6. The van der Waals surface area contributed by atoms with Gasteiger partial charge in [-0.3, -0.25) is 0 Å². The van der Waals surface area contributed by atoms with Gasteiger partial charge >= 0.3 is 6.18 Å². The summed E-state index contributed by atoms with van der Waals surface area (Å²) in [5.41, 5.74) is 0.0447. The van der Waals surface area contributed by atoms with E-state index in [2.05, 4.69) is 5.32 Å². The number of hydrogen-bond donors (Lipinski definition) is 1. The highest BCUT2D eigenvalue weighted by Crippen LogP contribution is 2.29. The summed E-state index contributed by atoms with van der Waals surface area (Å²) in [6, 6.07) is 5.37. The summed E-state index contributed by atoms with van der Waals surface area (Å²) in [4.78, 5) is 0. The van der Waals surface area contributed by atoms with E-state index in [4.69, 9.17) is 11.6 Å². The molecule has 0 aliphatic rings. The van der Waals surface area contributed by atoms with Crippen molar-refractivity contribution in [3.8, 4) is 0 Å². The number of hydrogen-bond acceptors (Lipinski definition) is 1. The van der Waals surface area contributed by atoms with Crippen LogP contribution in [0.5, 0.6) is 0 Å². The lowest BCUT2D eigenvalue weighted by Gasteiger charge is -2.09. The van der Waals surface area contributed by atoms with Crippen molar-refractivity contribution < 1.29 is 13.2 Å². The van der Waals surface area contributed by atoms with Crippen LogP contribution in [0.1, 0.15) is 24.0 Å². The number of nitrogens with one attached hydrogen (secondary N) is 1. The molecule has 0 atom stereocenters. The molecule has 0 spiro atoms. The molecule has 0 saturated carbocycles. The molecular weight excluding hydrogens is 251 g/mol. The van der Waals surface area contributed by atoms with E-state index in [1.54, 1.807) is 6.07 Å². The van der Waals surface area contributed by atoms with Gasteiger partial charge < -0.3 is 5.32 Å². The summed E-state index contributed by atoms with van der Waals surface area (Å²) in [5.74, 6) is 0.616. The molecule has 1 N–H and O–H groups in total. The van der Waals surface area contributed by atoms with Crippen LogP contribution in [0.2, 0.25) is 0 Å². The predicted molar refractivity (Wildman–Crippen MR) is 63.1 cm³/mol. The molecule has 0 fully saturated rings. The van der Waals surface area contributed by atoms with Crippen LogP contribution in [-0.4, -0.2) is 12.4 Å². The molecule has 17 heavy (non-hydrogen) atoms. The van der Waals surface area contributed by atoms with Gasteiger partial charge in [0, 0.05) is 12.4 Å². The zero-order valence-electron chi connectivity index (χ0n) is 9.36. The fourth-order valence-electron chi connectivity index (χ4n) is 1.43. The van der Waals surface area contributed by atoms with Crippen LogP contribution in [0.3, 0.4) is 0 Å². The summed E-state index contributed by atoms with van der Waals surface area (Å²) in [6.45, 7) is 1.22. The van der Waals surface area contributed by atoms with E-state index in [-0.39, 0.29) is 0 Å². The average molecular weight is 266 g/mol. The Labute approximate surface area is 104 Å². The Bertz CT molecular complexity index is 339. The third-order valence-corrected chi connectivity index (χ3v) is 2.59. The lowest BCUT2D eigenvalue weighted by Crippen LogP contribution is -2.15. The molecule has 0 aromatic heterocycles. The summed E-state index contributed by atoms with van der Waals surface area (Å²) in [5, 5.41) is 3.09. The van der Waals surface area contributed by atoms with Crippen LogP contribution in [0.4, 0.5) is 13.2 Å². The molecule has 1 rings (SSSR count). The smallest absolute Gasteiger partial charge is 0.313 e. The van der Waals surface area contributed by atoms with Gasteiger partial charge in [0.15, 0.2) is 0 Å². The fraction of sp³-hybridized carbons (Fsp3) is 0.500. The van der Waals surface area contributed by atoms with Gasteiger partial charge in [0.1, 0.15) is 0 Å². The van der Waals surface area contributed by atoms with Crippen molar-refractivity contribution in [2.24, 2.45) is 0 Å². The van der Waals surface area contributed by atoms with E-state index in [9.17, 15) is 13.2 Å². The number of halogens is 4. The maximum Gasteiger partial charge on any atom is 0.416 e. The first kappa shape index (κ1) is 14.3. The Morgan fingerprint density at radius 2 is 1.94 bits per heavy atom. The third kappa shape index (κ3) is 5.41. The largest absolute Gasteiger partial charge is 0.416 e. The average Bonchev–Trinajstić information content (AvgIpc) is 2.28. The van der Waals surface area contributed by atoms with Crippen LogP contribution < -0.4 is 5.32 Å². The molecule has 1 aromatic rings. The van der Waals surface area contributed by atoms with Crippen molar-refractivity contribution in [2.45, 2.75) is 25.6 Å². The van der Waals surface area contributed by atoms with Crippen molar-refractivity contribution in [3.05, 3.63) is 35.4 Å². The van der Waals surface area contributed by atoms with Gasteiger partial charge in [-0.2, -0.15) is 13.2 Å². The zero-order chi connectivity index (χ0) is 12.7. The molecule has 0 aliphatic heterocycles. The molecule has 0 heterocycles. The highest BCUT2D eigenvalue weighted by molar-refractivity contribution is 6.17. The van der Waals surface area contributed by atoms with Gasteiger partial charge in [-0.25, -0.2) is 0 Å². The highest BCUT2D eigenvalue weighted by Gasteiger charge is 2.30. The Morgan fingerprint density at radius 3 is 2.59 bits per heavy atom. The molecule has 0 saturated heterocycles. The van der Waals surface area contributed by atoms with Crippen molar-refractivity contribution in [1.82, 2.24) is 5.32 Å². The SMILES string of the molecule is FC(F)(F)c1cccc(CNCCCCCl)c1. The number of benzene rings is 1. The Morgan fingerprint density at radius 1 is 1.18 bits per heavy atom. The van der Waals surface area contributed by atoms with E-state index in [1.165, 1.54) is 12.1 Å². The van der Waals surface area contributed by atoms with Crippen LogP contribution in [0, 0.1) is 0 Å². The van der Waals surface area contributed by atoms with Gasteiger partial charge in [0.05, 0.1) is 5.56 Å². The first-order valence-electron chi connectivity index (χ1n) is 5.47. The van der Waals surface area contributed by atoms with Crippen LogP contribution in [0.15, 0.2) is 24.3 Å². The summed E-state index contributed by atoms with van der Waals surface area (Å²) < 4.78 is 37.3. The Hall–Kier alpha value is -0.740. The van der Waals surface area contributed by atoms with Gasteiger partial charge in [-0.15, -0.1) is 11.6 Å². The van der Waals surface area contributed by atoms with Crippen molar-refractivity contribution in [2.75, 3.05) is 12.4 Å². The predicted octanol–water partition coefficient (Wildman–Crippen LogP) is 3.81. The van der Waals surface area contributed by atoms with Crippen LogP contribution >= 0.6 is 11.6 Å². The van der Waals surface area contributed by atoms with Gasteiger partial charge in [0.25, 0.3) is 0 Å². The van der Waals surface area contributed by atoms with E-state index >= 15 is 0 Å². The van der Waals surface area contributed by atoms with Crippen molar-refractivity contribution >= 4 is 11.6 Å². The first-order valence-corrected chi connectivity index (χ1v) is 6.00. The summed E-state index contributed by atoms with van der Waals surface area (Å²) in [6.07, 6.45) is -2.42. The first-order chi connectivity index (χ1) is 8.04. The van der Waals surface area contributed by atoms with Crippen LogP contribution in [-0.2, 0) is 12.7 Å². The van der Waals surface area contributed by atoms with E-state index in [0.717, 1.165) is 25.5 Å². The highest BCUT2D eigenvalue weighted by atomic mass is 35.5. The molecule has 1 aromatic carbocycles. The normalized spacial score (nSPS) is 11.8. The summed E-state index contributed by atoms with van der Waals surface area (Å²) >= 11 is 5.52. The van der Waals surface area contributed by atoms with E-state index in [0.29, 0.717) is 18.0 Å². The van der Waals surface area contributed by atoms with Gasteiger partial charge in [0.2, 0.25) is 0 Å². The molecule has 0 unspecified atom stereocenters. The Kier molecular flexibility index (Phi) is 5.78. The lowest BCUT2D eigenvalue weighted by molar-refractivity contribution is -0.137. The quantitative estimate of drug-likeness (QED) is 0.609. The van der Waals surface area contributed by atoms with E-state index in [1.807, 2.05) is 0 Å². The minimum absolute atomic E-state index is 0.451. The topological polar surface area (TPSA) is 12.0 Å². The van der Waals surface area contributed by atoms with Crippen molar-refractivity contribution in [3.63, 3.8) is 0 Å². The zero-order valence-corrected chi connectivity index (χ0v) is 10.1. The minimum atomic E-state index is -4.27. The minimum Gasteiger partial charge on any atom is -0.313 e. The molecule has 0 aliphatic carbocycles. The molecular formula is C12H15ClF3N. The fourth-order valence-corrected chi connectivity index (χ4v) is 1.62. The maximum atomic E-state index is 12.4. The number of unbranched alkanes of at least 4 members (excludes halogenated alkanes) is 1. The molecule has 0 radical (unpaired) electrons. The molecule has 0 bridgehead atoms. The van der Waals surface area contributed by atoms with Crippen LogP contribution in [0.25, 0.3) is 0 Å². The lowest BCUT2D eigenvalue weighted by atomic mass is 10.1. The second-order valence-corrected chi connectivity index (χ2v) is 4.15. The Balaban J connectivity index is 2.44. The van der Waals surface area contributed by atoms with Gasteiger partial charge in [-0.1, -0.05) is 18.2 Å². The summed E-state index contributed by atoms with van der Waals surface area (Å²) in [7, 11) is 0. The monoisotopic (exact) mass is 265 g/mol. The second kappa shape index (κ2) is 6.87. The maximum absolute atomic E-state index is 12.4. The third-order valence-electron chi connectivity index (χ3n) is 2.32. The molecule has 0 amide bonds. The molecule has 96 valence electrons. The number of alkyl halides is 4. The molecule has 5 heteroatoms. The van der Waals surface area contributed by atoms with E-state index < -0.39 is 11.7 Å². The second-order valence-electron chi connectivity index (χ2n) is 3.77.